The van der Waals surface area contributed by atoms with Crippen LogP contribution in [0, 0.1) is 0 Å². The molecule has 7 nitrogen and oxygen atoms in total. The lowest BCUT2D eigenvalue weighted by atomic mass is 10.4. The molecule has 0 bridgehead atoms. The molecule has 0 atom stereocenters. The second-order valence-corrected chi connectivity index (χ2v) is 6.45. The lowest BCUT2D eigenvalue weighted by Gasteiger charge is -2.14. The SMILES string of the molecule is COC(=O)N/C(=N/c1ccc(C(=O)OC(C)C)o1)C(Cl)(Cl)Cl. The fourth-order valence-corrected chi connectivity index (χ4v) is 1.46. The van der Waals surface area contributed by atoms with Gasteiger partial charge in [-0.2, -0.15) is 4.99 Å². The van der Waals surface area contributed by atoms with Crippen LogP contribution in [0.15, 0.2) is 21.5 Å². The van der Waals surface area contributed by atoms with Crippen molar-refractivity contribution in [2.45, 2.75) is 23.7 Å². The first kappa shape index (κ1) is 18.6. The second kappa shape index (κ2) is 7.71. The Kier molecular flexibility index (Phi) is 6.52. The molecule has 1 rings (SSSR count). The first-order chi connectivity index (χ1) is 10.1. The molecule has 0 saturated heterocycles. The average Bonchev–Trinajstić information content (AvgIpc) is 2.84. The van der Waals surface area contributed by atoms with Gasteiger partial charge in [-0.1, -0.05) is 34.8 Å². The Morgan fingerprint density at radius 3 is 2.45 bits per heavy atom. The molecule has 0 aromatic carbocycles. The molecule has 122 valence electrons. The maximum absolute atomic E-state index is 11.6. The third kappa shape index (κ3) is 5.75. The number of hydrogen-bond acceptors (Lipinski definition) is 6. The largest absolute Gasteiger partial charge is 0.457 e. The van der Waals surface area contributed by atoms with Gasteiger partial charge in [-0.15, -0.1) is 0 Å². The number of amidine groups is 1. The molecule has 0 spiro atoms. The van der Waals surface area contributed by atoms with Crippen LogP contribution in [0.5, 0.6) is 0 Å². The maximum atomic E-state index is 11.6. The molecular weight excluding hydrogens is 358 g/mol. The van der Waals surface area contributed by atoms with Crippen LogP contribution in [-0.2, 0) is 9.47 Å². The van der Waals surface area contributed by atoms with E-state index in [1.54, 1.807) is 13.8 Å². The summed E-state index contributed by atoms with van der Waals surface area (Å²) in [5.74, 6) is -1.14. The van der Waals surface area contributed by atoms with Crippen LogP contribution in [0.1, 0.15) is 24.4 Å². The Morgan fingerprint density at radius 2 is 1.95 bits per heavy atom. The molecule has 0 aliphatic carbocycles. The van der Waals surface area contributed by atoms with Crippen molar-refractivity contribution in [2.75, 3.05) is 7.11 Å². The zero-order valence-corrected chi connectivity index (χ0v) is 14.1. The number of nitrogens with one attached hydrogen (secondary N) is 1. The molecule has 10 heteroatoms. The highest BCUT2D eigenvalue weighted by Gasteiger charge is 2.30. The Labute approximate surface area is 141 Å². The van der Waals surface area contributed by atoms with E-state index in [9.17, 15) is 9.59 Å². The van der Waals surface area contributed by atoms with Crippen LogP contribution in [-0.4, -0.2) is 34.9 Å². The van der Waals surface area contributed by atoms with E-state index in [-0.39, 0.29) is 23.6 Å². The Balaban J connectivity index is 2.99. The summed E-state index contributed by atoms with van der Waals surface area (Å²) in [5, 5.41) is 2.14. The van der Waals surface area contributed by atoms with Gasteiger partial charge >= 0.3 is 12.1 Å². The van der Waals surface area contributed by atoms with Crippen LogP contribution < -0.4 is 5.32 Å². The first-order valence-corrected chi connectivity index (χ1v) is 7.08. The quantitative estimate of drug-likeness (QED) is 0.379. The van der Waals surface area contributed by atoms with Crippen molar-refractivity contribution in [1.82, 2.24) is 5.32 Å². The third-order valence-electron chi connectivity index (χ3n) is 2.03. The fraction of sp³-hybridized carbons (Fsp3) is 0.417. The van der Waals surface area contributed by atoms with E-state index in [2.05, 4.69) is 15.0 Å². The molecule has 1 aromatic rings. The summed E-state index contributed by atoms with van der Waals surface area (Å²) in [4.78, 5) is 26.7. The highest BCUT2D eigenvalue weighted by molar-refractivity contribution is 6.77. The molecule has 0 radical (unpaired) electrons. The van der Waals surface area contributed by atoms with Crippen molar-refractivity contribution in [3.8, 4) is 0 Å². The van der Waals surface area contributed by atoms with Gasteiger partial charge in [0.2, 0.25) is 15.4 Å². The number of hydrogen-bond donors (Lipinski definition) is 1. The van der Waals surface area contributed by atoms with E-state index < -0.39 is 15.9 Å². The highest BCUT2D eigenvalue weighted by atomic mass is 35.6. The zero-order chi connectivity index (χ0) is 16.9. The molecule has 0 fully saturated rings. The topological polar surface area (TPSA) is 90.1 Å². The Bertz CT molecular complexity index is 578. The fourth-order valence-electron chi connectivity index (χ4n) is 1.19. The molecule has 22 heavy (non-hydrogen) atoms. The van der Waals surface area contributed by atoms with Gasteiger partial charge in [0.15, 0.2) is 5.84 Å². The number of carbonyl (C=O) groups is 2. The predicted molar refractivity (Wildman–Crippen MR) is 82.2 cm³/mol. The summed E-state index contributed by atoms with van der Waals surface area (Å²) in [7, 11) is 1.14. The standard InChI is InChI=1S/C12H13Cl3N2O5/c1-6(2)21-9(18)7-4-5-8(22-7)16-10(12(13,14)15)17-11(19)20-3/h4-6H,1-3H3,(H,16,17,19). The number of aliphatic imine (C=N–C) groups is 1. The number of alkyl halides is 3. The number of nitrogens with zero attached hydrogens (tertiary/aromatic N) is 1. The number of methoxy groups -OCH3 is 1. The zero-order valence-electron chi connectivity index (χ0n) is 11.9. The van der Waals surface area contributed by atoms with Crippen molar-refractivity contribution < 1.29 is 23.5 Å². The van der Waals surface area contributed by atoms with Gasteiger partial charge in [-0.05, 0) is 19.9 Å². The van der Waals surface area contributed by atoms with Gasteiger partial charge in [-0.3, -0.25) is 5.32 Å². The monoisotopic (exact) mass is 370 g/mol. The minimum atomic E-state index is -2.03. The predicted octanol–water partition coefficient (Wildman–Crippen LogP) is 3.60. The molecule has 1 aromatic heterocycles. The van der Waals surface area contributed by atoms with E-state index in [0.717, 1.165) is 7.11 Å². The Hall–Kier alpha value is -1.44. The number of alkyl carbamates (subject to hydrolysis) is 1. The van der Waals surface area contributed by atoms with Gasteiger partial charge in [0.1, 0.15) is 0 Å². The average molecular weight is 372 g/mol. The maximum Gasteiger partial charge on any atom is 0.412 e. The molecule has 0 aliphatic rings. The third-order valence-corrected chi connectivity index (χ3v) is 2.57. The summed E-state index contributed by atoms with van der Waals surface area (Å²) in [6.07, 6.45) is -1.18. The van der Waals surface area contributed by atoms with E-state index >= 15 is 0 Å². The van der Waals surface area contributed by atoms with E-state index in [4.69, 9.17) is 44.0 Å². The van der Waals surface area contributed by atoms with Gasteiger partial charge in [0, 0.05) is 6.07 Å². The van der Waals surface area contributed by atoms with Gasteiger partial charge in [0.25, 0.3) is 0 Å². The van der Waals surface area contributed by atoms with Crippen molar-refractivity contribution in [3.05, 3.63) is 17.9 Å². The van der Waals surface area contributed by atoms with Crippen molar-refractivity contribution in [3.63, 3.8) is 0 Å². The van der Waals surface area contributed by atoms with Crippen LogP contribution in [0.25, 0.3) is 0 Å². The molecule has 1 N–H and O–H groups in total. The van der Waals surface area contributed by atoms with Gasteiger partial charge < -0.3 is 13.9 Å². The number of rotatable bonds is 3. The van der Waals surface area contributed by atoms with Gasteiger partial charge in [-0.25, -0.2) is 9.59 Å². The highest BCUT2D eigenvalue weighted by Crippen LogP contribution is 2.29. The van der Waals surface area contributed by atoms with Crippen LogP contribution >= 0.6 is 34.8 Å². The molecule has 0 unspecified atom stereocenters. The normalized spacial score (nSPS) is 12.2. The van der Waals surface area contributed by atoms with E-state index in [0.29, 0.717) is 0 Å². The lowest BCUT2D eigenvalue weighted by molar-refractivity contribution is 0.0342. The number of carbonyl (C=O) groups excluding carboxylic acids is 2. The number of furan rings is 1. The van der Waals surface area contributed by atoms with E-state index in [1.165, 1.54) is 12.1 Å². The number of ether oxygens (including phenoxy) is 2. The molecule has 1 heterocycles. The molecular formula is C12H13Cl3N2O5. The molecule has 1 amide bonds. The van der Waals surface area contributed by atoms with Crippen LogP contribution in [0.3, 0.4) is 0 Å². The summed E-state index contributed by atoms with van der Waals surface area (Å²) >= 11 is 17.1. The minimum Gasteiger partial charge on any atom is -0.457 e. The van der Waals surface area contributed by atoms with Crippen molar-refractivity contribution >= 4 is 58.6 Å². The smallest absolute Gasteiger partial charge is 0.412 e. The minimum absolute atomic E-state index is 0.0616. The van der Waals surface area contributed by atoms with Crippen LogP contribution in [0.4, 0.5) is 10.7 Å². The lowest BCUT2D eigenvalue weighted by Crippen LogP contribution is -2.38. The Morgan fingerprint density at radius 1 is 1.32 bits per heavy atom. The number of esters is 1. The number of amides is 1. The van der Waals surface area contributed by atoms with E-state index in [1.807, 2.05) is 0 Å². The summed E-state index contributed by atoms with van der Waals surface area (Å²) < 4.78 is 12.5. The summed E-state index contributed by atoms with van der Waals surface area (Å²) in [5.41, 5.74) is 0. The first-order valence-electron chi connectivity index (χ1n) is 5.95. The number of halogens is 3. The van der Waals surface area contributed by atoms with Gasteiger partial charge in [0.05, 0.1) is 13.2 Å². The van der Waals surface area contributed by atoms with Crippen LogP contribution in [0.2, 0.25) is 0 Å². The summed E-state index contributed by atoms with van der Waals surface area (Å²) in [6, 6.07) is 2.70. The van der Waals surface area contributed by atoms with Crippen molar-refractivity contribution in [1.29, 1.82) is 0 Å². The molecule has 0 saturated carbocycles. The summed E-state index contributed by atoms with van der Waals surface area (Å²) in [6.45, 7) is 3.39. The molecule has 0 aliphatic heterocycles. The second-order valence-electron chi connectivity index (χ2n) is 4.17. The van der Waals surface area contributed by atoms with Crippen molar-refractivity contribution in [2.24, 2.45) is 4.99 Å².